The van der Waals surface area contributed by atoms with Gasteiger partial charge in [0.2, 0.25) is 0 Å². The van der Waals surface area contributed by atoms with Crippen molar-refractivity contribution in [3.05, 3.63) is 41.5 Å². The SMILES string of the molecule is CC1(NC(=O)c2ccccn2)CCCN(C(=O)c2n[nH]nc2C2CC2)C1. The first-order valence-electron chi connectivity index (χ1n) is 8.99. The predicted molar refractivity (Wildman–Crippen MR) is 93.6 cm³/mol. The van der Waals surface area contributed by atoms with Crippen LogP contribution in [-0.4, -0.2) is 55.7 Å². The number of carbonyl (C=O) groups is 2. The van der Waals surface area contributed by atoms with E-state index >= 15 is 0 Å². The quantitative estimate of drug-likeness (QED) is 0.866. The number of amides is 2. The smallest absolute Gasteiger partial charge is 0.276 e. The Labute approximate surface area is 151 Å². The standard InChI is InChI=1S/C18H22N6O2/c1-18(20-16(25)13-5-2-3-9-19-13)8-4-10-24(11-18)17(26)15-14(12-6-7-12)21-23-22-15/h2-3,5,9,12H,4,6-8,10-11H2,1H3,(H,20,25)(H,21,22,23). The molecule has 2 amide bonds. The third-order valence-corrected chi connectivity index (χ3v) is 5.04. The Bertz CT molecular complexity index is 816. The van der Waals surface area contributed by atoms with Gasteiger partial charge in [0.05, 0.1) is 11.2 Å². The first-order valence-corrected chi connectivity index (χ1v) is 8.99. The van der Waals surface area contributed by atoms with Crippen LogP contribution in [0.1, 0.15) is 65.2 Å². The third-order valence-electron chi connectivity index (χ3n) is 5.04. The second kappa shape index (κ2) is 6.51. The zero-order valence-corrected chi connectivity index (χ0v) is 14.7. The molecule has 0 radical (unpaired) electrons. The number of aromatic amines is 1. The highest BCUT2D eigenvalue weighted by Gasteiger charge is 2.38. The Morgan fingerprint density at radius 3 is 2.88 bits per heavy atom. The topological polar surface area (TPSA) is 104 Å². The molecule has 1 atom stereocenters. The van der Waals surface area contributed by atoms with Crippen molar-refractivity contribution in [2.24, 2.45) is 0 Å². The van der Waals surface area contributed by atoms with E-state index in [0.717, 1.165) is 31.4 Å². The van der Waals surface area contributed by atoms with Crippen LogP contribution in [0.4, 0.5) is 0 Å². The van der Waals surface area contributed by atoms with Gasteiger partial charge in [0.1, 0.15) is 5.69 Å². The Kier molecular flexibility index (Phi) is 4.18. The van der Waals surface area contributed by atoms with Crippen molar-refractivity contribution in [1.82, 2.24) is 30.6 Å². The lowest BCUT2D eigenvalue weighted by atomic mass is 9.90. The molecule has 1 aliphatic carbocycles. The molecule has 3 heterocycles. The summed E-state index contributed by atoms with van der Waals surface area (Å²) < 4.78 is 0. The molecular weight excluding hydrogens is 332 g/mol. The van der Waals surface area contributed by atoms with Crippen LogP contribution in [0, 0.1) is 0 Å². The maximum absolute atomic E-state index is 12.9. The van der Waals surface area contributed by atoms with Gasteiger partial charge < -0.3 is 10.2 Å². The number of H-pyrrole nitrogens is 1. The molecule has 8 nitrogen and oxygen atoms in total. The number of nitrogens with zero attached hydrogens (tertiary/aromatic N) is 4. The Balaban J connectivity index is 1.47. The lowest BCUT2D eigenvalue weighted by molar-refractivity contribution is 0.0582. The van der Waals surface area contributed by atoms with Crippen molar-refractivity contribution in [1.29, 1.82) is 0 Å². The molecule has 1 aliphatic heterocycles. The van der Waals surface area contributed by atoms with Crippen molar-refractivity contribution in [2.45, 2.75) is 44.1 Å². The monoisotopic (exact) mass is 354 g/mol. The molecule has 1 saturated heterocycles. The molecule has 2 aliphatic rings. The fraction of sp³-hybridized carbons (Fsp3) is 0.500. The number of pyridine rings is 1. The van der Waals surface area contributed by atoms with Gasteiger partial charge in [0, 0.05) is 25.2 Å². The van der Waals surface area contributed by atoms with E-state index in [-0.39, 0.29) is 11.8 Å². The van der Waals surface area contributed by atoms with E-state index in [1.54, 1.807) is 29.3 Å². The summed E-state index contributed by atoms with van der Waals surface area (Å²) in [6, 6.07) is 5.24. The van der Waals surface area contributed by atoms with Crippen LogP contribution >= 0.6 is 0 Å². The maximum Gasteiger partial charge on any atom is 0.276 e. The summed E-state index contributed by atoms with van der Waals surface area (Å²) in [5.41, 5.74) is 1.09. The number of likely N-dealkylation sites (tertiary alicyclic amines) is 1. The third kappa shape index (κ3) is 3.31. The average Bonchev–Trinajstić information content (AvgIpc) is 3.38. The van der Waals surface area contributed by atoms with Crippen LogP contribution in [0.5, 0.6) is 0 Å². The van der Waals surface area contributed by atoms with E-state index in [9.17, 15) is 9.59 Å². The number of piperidine rings is 1. The van der Waals surface area contributed by atoms with E-state index in [2.05, 4.69) is 25.7 Å². The summed E-state index contributed by atoms with van der Waals surface area (Å²) in [5, 5.41) is 13.9. The van der Waals surface area contributed by atoms with Gasteiger partial charge in [-0.05, 0) is 44.7 Å². The molecule has 2 aromatic rings. The first-order chi connectivity index (χ1) is 12.6. The Morgan fingerprint density at radius 1 is 1.31 bits per heavy atom. The molecular formula is C18H22N6O2. The molecule has 8 heteroatoms. The van der Waals surface area contributed by atoms with E-state index < -0.39 is 5.54 Å². The summed E-state index contributed by atoms with van der Waals surface area (Å²) in [6.45, 7) is 3.07. The van der Waals surface area contributed by atoms with Crippen LogP contribution in [0.15, 0.2) is 24.4 Å². The van der Waals surface area contributed by atoms with Gasteiger partial charge in [-0.25, -0.2) is 0 Å². The molecule has 0 spiro atoms. The zero-order valence-electron chi connectivity index (χ0n) is 14.7. The van der Waals surface area contributed by atoms with Crippen LogP contribution < -0.4 is 5.32 Å². The van der Waals surface area contributed by atoms with E-state index in [0.29, 0.717) is 30.4 Å². The number of aromatic nitrogens is 4. The highest BCUT2D eigenvalue weighted by atomic mass is 16.2. The minimum absolute atomic E-state index is 0.112. The van der Waals surface area contributed by atoms with Crippen molar-refractivity contribution in [3.8, 4) is 0 Å². The molecule has 2 fully saturated rings. The fourth-order valence-corrected chi connectivity index (χ4v) is 3.54. The number of nitrogens with one attached hydrogen (secondary N) is 2. The number of rotatable bonds is 4. The van der Waals surface area contributed by atoms with Gasteiger partial charge >= 0.3 is 0 Å². The average molecular weight is 354 g/mol. The number of hydrogen-bond acceptors (Lipinski definition) is 5. The molecule has 26 heavy (non-hydrogen) atoms. The van der Waals surface area contributed by atoms with Crippen molar-refractivity contribution in [3.63, 3.8) is 0 Å². The van der Waals surface area contributed by atoms with Crippen LogP contribution in [0.2, 0.25) is 0 Å². The maximum atomic E-state index is 12.9. The molecule has 2 aromatic heterocycles. The normalized spacial score (nSPS) is 22.9. The molecule has 136 valence electrons. The van der Waals surface area contributed by atoms with Crippen LogP contribution in [0.3, 0.4) is 0 Å². The van der Waals surface area contributed by atoms with Crippen LogP contribution in [-0.2, 0) is 0 Å². The van der Waals surface area contributed by atoms with Crippen molar-refractivity contribution in [2.75, 3.05) is 13.1 Å². The van der Waals surface area contributed by atoms with E-state index in [1.807, 2.05) is 6.92 Å². The van der Waals surface area contributed by atoms with Gasteiger partial charge in [-0.3, -0.25) is 14.6 Å². The van der Waals surface area contributed by atoms with Crippen molar-refractivity contribution < 1.29 is 9.59 Å². The molecule has 0 aromatic carbocycles. The molecule has 4 rings (SSSR count). The minimum Gasteiger partial charge on any atom is -0.344 e. The predicted octanol–water partition coefficient (Wildman–Crippen LogP) is 1.50. The summed E-state index contributed by atoms with van der Waals surface area (Å²) in [7, 11) is 0. The second-order valence-electron chi connectivity index (χ2n) is 7.39. The lowest BCUT2D eigenvalue weighted by Crippen LogP contribution is -2.58. The van der Waals surface area contributed by atoms with Gasteiger partial charge in [0.15, 0.2) is 5.69 Å². The van der Waals surface area contributed by atoms with Gasteiger partial charge in [0.25, 0.3) is 11.8 Å². The molecule has 1 unspecified atom stereocenters. The summed E-state index contributed by atoms with van der Waals surface area (Å²) >= 11 is 0. The highest BCUT2D eigenvalue weighted by molar-refractivity contribution is 5.94. The first kappa shape index (κ1) is 16.7. The molecule has 2 N–H and O–H groups in total. The van der Waals surface area contributed by atoms with Crippen molar-refractivity contribution >= 4 is 11.8 Å². The zero-order chi connectivity index (χ0) is 18.1. The Hall–Kier alpha value is -2.77. The largest absolute Gasteiger partial charge is 0.344 e. The van der Waals surface area contributed by atoms with E-state index in [1.165, 1.54) is 0 Å². The lowest BCUT2D eigenvalue weighted by Gasteiger charge is -2.40. The van der Waals surface area contributed by atoms with Gasteiger partial charge in [-0.1, -0.05) is 6.07 Å². The number of hydrogen-bond donors (Lipinski definition) is 2. The van der Waals surface area contributed by atoms with Crippen LogP contribution in [0.25, 0.3) is 0 Å². The highest BCUT2D eigenvalue weighted by Crippen LogP contribution is 2.40. The molecule has 1 saturated carbocycles. The minimum atomic E-state index is -0.494. The summed E-state index contributed by atoms with van der Waals surface area (Å²) in [5.74, 6) is 0.0221. The van der Waals surface area contributed by atoms with Gasteiger partial charge in [-0.15, -0.1) is 0 Å². The number of carbonyl (C=O) groups excluding carboxylic acids is 2. The fourth-order valence-electron chi connectivity index (χ4n) is 3.54. The summed E-state index contributed by atoms with van der Waals surface area (Å²) in [4.78, 5) is 31.3. The van der Waals surface area contributed by atoms with E-state index in [4.69, 9.17) is 0 Å². The Morgan fingerprint density at radius 2 is 2.15 bits per heavy atom. The van der Waals surface area contributed by atoms with Gasteiger partial charge in [-0.2, -0.15) is 15.4 Å². The second-order valence-corrected chi connectivity index (χ2v) is 7.39. The molecule has 0 bridgehead atoms. The summed E-state index contributed by atoms with van der Waals surface area (Å²) in [6.07, 6.45) is 5.35.